The van der Waals surface area contributed by atoms with Crippen molar-refractivity contribution in [1.29, 1.82) is 0 Å². The van der Waals surface area contributed by atoms with Crippen molar-refractivity contribution in [3.8, 4) is 0 Å². The predicted octanol–water partition coefficient (Wildman–Crippen LogP) is 5.80. The first-order valence-corrected chi connectivity index (χ1v) is 9.16. The summed E-state index contributed by atoms with van der Waals surface area (Å²) in [4.78, 5) is 4.48. The first kappa shape index (κ1) is 19.7. The average molecular weight is 396 g/mol. The molecule has 0 spiro atoms. The fourth-order valence-corrected chi connectivity index (χ4v) is 3.15. The predicted molar refractivity (Wildman–Crippen MR) is 102 cm³/mol. The van der Waals surface area contributed by atoms with E-state index < -0.39 is 11.7 Å². The Hall–Kier alpha value is -2.05. The number of alkyl halides is 3. The van der Waals surface area contributed by atoms with Crippen molar-refractivity contribution in [3.05, 3.63) is 64.4 Å². The summed E-state index contributed by atoms with van der Waals surface area (Å²) in [7, 11) is 0. The van der Waals surface area contributed by atoms with Crippen LogP contribution in [0.4, 0.5) is 13.2 Å². The second-order valence-electron chi connectivity index (χ2n) is 6.80. The summed E-state index contributed by atoms with van der Waals surface area (Å²) >= 11 is 5.95. The lowest BCUT2D eigenvalue weighted by Gasteiger charge is -2.20. The van der Waals surface area contributed by atoms with E-state index >= 15 is 0 Å². The molecule has 3 nitrogen and oxygen atoms in total. The molecule has 0 fully saturated rings. The average Bonchev–Trinajstić information content (AvgIpc) is 2.99. The third-order valence-corrected chi connectivity index (χ3v) is 5.17. The summed E-state index contributed by atoms with van der Waals surface area (Å²) in [6, 6.07) is 10.6. The van der Waals surface area contributed by atoms with E-state index in [9.17, 15) is 13.2 Å². The third-order valence-electron chi connectivity index (χ3n) is 4.91. The maximum Gasteiger partial charge on any atom is 0.416 e. The molecular formula is C20H21ClF3N3. The van der Waals surface area contributed by atoms with Crippen molar-refractivity contribution in [3.63, 3.8) is 0 Å². The van der Waals surface area contributed by atoms with Gasteiger partial charge in [-0.3, -0.25) is 0 Å². The molecule has 0 aliphatic carbocycles. The fraction of sp³-hybridized carbons (Fsp3) is 0.350. The maximum atomic E-state index is 13.1. The number of rotatable bonds is 5. The highest BCUT2D eigenvalue weighted by Gasteiger charge is 2.31. The molecule has 2 atom stereocenters. The van der Waals surface area contributed by atoms with Gasteiger partial charge in [0.2, 0.25) is 0 Å². The van der Waals surface area contributed by atoms with E-state index in [1.165, 1.54) is 6.07 Å². The van der Waals surface area contributed by atoms with Crippen molar-refractivity contribution < 1.29 is 13.2 Å². The molecule has 144 valence electrons. The molecule has 0 amide bonds. The lowest BCUT2D eigenvalue weighted by Crippen LogP contribution is -2.23. The minimum Gasteiger partial charge on any atom is -0.322 e. The molecule has 3 aromatic rings. The molecule has 2 aromatic carbocycles. The van der Waals surface area contributed by atoms with Crippen LogP contribution in [0.2, 0.25) is 5.02 Å². The third kappa shape index (κ3) is 4.12. The molecule has 0 saturated heterocycles. The number of imidazole rings is 1. The molecule has 2 N–H and O–H groups in total. The molecule has 7 heteroatoms. The molecule has 1 heterocycles. The van der Waals surface area contributed by atoms with Crippen molar-refractivity contribution in [2.75, 3.05) is 0 Å². The van der Waals surface area contributed by atoms with Crippen molar-refractivity contribution in [2.45, 2.75) is 39.0 Å². The number of nitrogens with zero attached hydrogens (tertiary/aromatic N) is 2. The normalized spacial score (nSPS) is 14.5. The molecular weight excluding hydrogens is 375 g/mol. The summed E-state index contributed by atoms with van der Waals surface area (Å²) in [6.07, 6.45) is -3.56. The smallest absolute Gasteiger partial charge is 0.322 e. The lowest BCUT2D eigenvalue weighted by molar-refractivity contribution is -0.137. The Morgan fingerprint density at radius 2 is 1.81 bits per heavy atom. The van der Waals surface area contributed by atoms with Gasteiger partial charge in [0.25, 0.3) is 0 Å². The first-order valence-electron chi connectivity index (χ1n) is 8.78. The Kier molecular flexibility index (Phi) is 5.49. The highest BCUT2D eigenvalue weighted by molar-refractivity contribution is 6.30. The highest BCUT2D eigenvalue weighted by Crippen LogP contribution is 2.33. The van der Waals surface area contributed by atoms with E-state index in [0.29, 0.717) is 28.4 Å². The largest absolute Gasteiger partial charge is 0.416 e. The summed E-state index contributed by atoms with van der Waals surface area (Å²) in [6.45, 7) is 4.49. The van der Waals surface area contributed by atoms with Crippen LogP contribution in [-0.4, -0.2) is 9.55 Å². The quantitative estimate of drug-likeness (QED) is 0.593. The molecule has 3 rings (SSSR count). The Morgan fingerprint density at radius 3 is 2.41 bits per heavy atom. The van der Waals surface area contributed by atoms with Crippen molar-refractivity contribution >= 4 is 22.6 Å². The van der Waals surface area contributed by atoms with Crippen LogP contribution in [0, 0.1) is 5.92 Å². The van der Waals surface area contributed by atoms with Gasteiger partial charge in [-0.2, -0.15) is 13.2 Å². The Balaban J connectivity index is 2.13. The van der Waals surface area contributed by atoms with E-state index in [1.807, 2.05) is 30.5 Å². The Labute approximate surface area is 161 Å². The molecule has 0 saturated carbocycles. The standard InChI is InChI=1S/C20H21ClF3N3/c1-3-12(2)18(25)19-26-16-10-14(20(22,23)24)6-9-17(16)27(19)11-13-4-7-15(21)8-5-13/h4-10,12,18H,3,11,25H2,1-2H3/t12?,18-/m0/s1. The molecule has 1 unspecified atom stereocenters. The van der Waals surface area contributed by atoms with Gasteiger partial charge >= 0.3 is 6.18 Å². The zero-order valence-corrected chi connectivity index (χ0v) is 15.8. The van der Waals surface area contributed by atoms with Crippen LogP contribution < -0.4 is 5.73 Å². The van der Waals surface area contributed by atoms with Crippen LogP contribution in [-0.2, 0) is 12.7 Å². The molecule has 0 aliphatic heterocycles. The number of aromatic nitrogens is 2. The van der Waals surface area contributed by atoms with Crippen molar-refractivity contribution in [2.24, 2.45) is 11.7 Å². The van der Waals surface area contributed by atoms with Crippen LogP contribution in [0.1, 0.15) is 43.3 Å². The van der Waals surface area contributed by atoms with E-state index in [4.69, 9.17) is 17.3 Å². The molecule has 27 heavy (non-hydrogen) atoms. The first-order chi connectivity index (χ1) is 12.7. The minimum absolute atomic E-state index is 0.146. The van der Waals surface area contributed by atoms with E-state index in [-0.39, 0.29) is 12.0 Å². The van der Waals surface area contributed by atoms with Gasteiger partial charge < -0.3 is 10.3 Å². The summed E-state index contributed by atoms with van der Waals surface area (Å²) in [5.74, 6) is 0.737. The summed E-state index contributed by atoms with van der Waals surface area (Å²) < 4.78 is 41.1. The van der Waals surface area contributed by atoms with E-state index in [2.05, 4.69) is 4.98 Å². The number of benzene rings is 2. The van der Waals surface area contributed by atoms with Gasteiger partial charge in [-0.15, -0.1) is 0 Å². The zero-order chi connectivity index (χ0) is 19.8. The molecule has 0 bridgehead atoms. The van der Waals surface area contributed by atoms with Gasteiger partial charge in [-0.05, 0) is 41.8 Å². The van der Waals surface area contributed by atoms with Gasteiger partial charge in [0.05, 0.1) is 22.6 Å². The Bertz CT molecular complexity index is 932. The molecule has 1 aromatic heterocycles. The number of halogens is 4. The SMILES string of the molecule is CCC(C)[C@H](N)c1nc2cc(C(F)(F)F)ccc2n1Cc1ccc(Cl)cc1. The number of nitrogens with two attached hydrogens (primary N) is 1. The fourth-order valence-electron chi connectivity index (χ4n) is 3.03. The molecule has 0 aliphatic rings. The topological polar surface area (TPSA) is 43.8 Å². The number of fused-ring (bicyclic) bond motifs is 1. The van der Waals surface area contributed by atoms with Gasteiger partial charge in [-0.1, -0.05) is 44.0 Å². The molecule has 0 radical (unpaired) electrons. The van der Waals surface area contributed by atoms with Crippen LogP contribution >= 0.6 is 11.6 Å². The number of hydrogen-bond acceptors (Lipinski definition) is 2. The maximum absolute atomic E-state index is 13.1. The highest BCUT2D eigenvalue weighted by atomic mass is 35.5. The zero-order valence-electron chi connectivity index (χ0n) is 15.1. The van der Waals surface area contributed by atoms with Gasteiger partial charge in [0.1, 0.15) is 5.82 Å². The van der Waals surface area contributed by atoms with Crippen molar-refractivity contribution in [1.82, 2.24) is 9.55 Å². The number of hydrogen-bond donors (Lipinski definition) is 1. The van der Waals surface area contributed by atoms with E-state index in [1.54, 1.807) is 12.1 Å². The lowest BCUT2D eigenvalue weighted by atomic mass is 9.99. The van der Waals surface area contributed by atoms with Gasteiger partial charge in [0, 0.05) is 11.6 Å². The van der Waals surface area contributed by atoms with Gasteiger partial charge in [-0.25, -0.2) is 4.98 Å². The Morgan fingerprint density at radius 1 is 1.15 bits per heavy atom. The summed E-state index contributed by atoms with van der Waals surface area (Å²) in [5.41, 5.74) is 7.57. The van der Waals surface area contributed by atoms with Gasteiger partial charge in [0.15, 0.2) is 0 Å². The van der Waals surface area contributed by atoms with E-state index in [0.717, 1.165) is 24.1 Å². The summed E-state index contributed by atoms with van der Waals surface area (Å²) in [5, 5.41) is 0.626. The minimum atomic E-state index is -4.41. The van der Waals surface area contributed by atoms with Crippen LogP contribution in [0.25, 0.3) is 11.0 Å². The van der Waals surface area contributed by atoms with Crippen LogP contribution in [0.15, 0.2) is 42.5 Å². The second-order valence-corrected chi connectivity index (χ2v) is 7.23. The van der Waals surface area contributed by atoms with Crippen LogP contribution in [0.3, 0.4) is 0 Å². The monoisotopic (exact) mass is 395 g/mol. The second kappa shape index (κ2) is 7.52. The van der Waals surface area contributed by atoms with Crippen LogP contribution in [0.5, 0.6) is 0 Å².